The highest BCUT2D eigenvalue weighted by atomic mass is 35.5. The molecular formula is C17H27ClN4O4S. The summed E-state index contributed by atoms with van der Waals surface area (Å²) in [4.78, 5) is 25.3. The van der Waals surface area contributed by atoms with Gasteiger partial charge >= 0.3 is 0 Å². The van der Waals surface area contributed by atoms with Gasteiger partial charge in [-0.25, -0.2) is 8.42 Å². The zero-order valence-electron chi connectivity index (χ0n) is 15.6. The minimum atomic E-state index is -3.69. The maximum absolute atomic E-state index is 12.8. The van der Waals surface area contributed by atoms with Crippen molar-refractivity contribution in [3.63, 3.8) is 0 Å². The Bertz CT molecular complexity index is 749. The van der Waals surface area contributed by atoms with E-state index in [1.807, 2.05) is 7.05 Å². The van der Waals surface area contributed by atoms with Crippen LogP contribution in [0, 0.1) is 0 Å². The van der Waals surface area contributed by atoms with Crippen LogP contribution >= 0.6 is 12.4 Å². The van der Waals surface area contributed by atoms with Crippen molar-refractivity contribution in [3.8, 4) is 0 Å². The zero-order chi connectivity index (χ0) is 19.2. The number of carbonyl (C=O) groups is 2. The van der Waals surface area contributed by atoms with E-state index in [4.69, 9.17) is 0 Å². The van der Waals surface area contributed by atoms with Crippen LogP contribution in [-0.2, 0) is 14.8 Å². The van der Waals surface area contributed by atoms with Gasteiger partial charge in [-0.15, -0.1) is 12.4 Å². The second-order valence-corrected chi connectivity index (χ2v) is 8.09. The van der Waals surface area contributed by atoms with E-state index in [0.29, 0.717) is 25.2 Å². The van der Waals surface area contributed by atoms with Gasteiger partial charge in [0.25, 0.3) is 5.91 Å². The number of nitrogens with zero attached hydrogens (tertiary/aromatic N) is 2. The molecule has 10 heteroatoms. The van der Waals surface area contributed by atoms with Gasteiger partial charge < -0.3 is 15.5 Å². The van der Waals surface area contributed by atoms with Crippen LogP contribution < -0.4 is 10.6 Å². The molecule has 27 heavy (non-hydrogen) atoms. The Balaban J connectivity index is 0.00000364. The highest BCUT2D eigenvalue weighted by Crippen LogP contribution is 2.19. The summed E-state index contributed by atoms with van der Waals surface area (Å²) < 4.78 is 27.0. The van der Waals surface area contributed by atoms with Crippen LogP contribution in [0.25, 0.3) is 0 Å². The molecule has 0 bridgehead atoms. The summed E-state index contributed by atoms with van der Waals surface area (Å²) in [5.41, 5.74) is 0.318. The van der Waals surface area contributed by atoms with Crippen LogP contribution in [-0.4, -0.2) is 75.8 Å². The Morgan fingerprint density at radius 1 is 1.11 bits per heavy atom. The summed E-state index contributed by atoms with van der Waals surface area (Å²) in [5, 5.41) is 5.77. The molecule has 0 unspecified atom stereocenters. The SMILES string of the molecule is CNCCCNC(=O)c1cccc(S(=O)(=O)N2CCN(C(C)=O)CC2)c1.Cl. The molecule has 0 saturated carbocycles. The summed E-state index contributed by atoms with van der Waals surface area (Å²) in [6.45, 7) is 4.04. The normalized spacial score (nSPS) is 15.1. The number of hydrogen-bond acceptors (Lipinski definition) is 5. The highest BCUT2D eigenvalue weighted by molar-refractivity contribution is 7.89. The van der Waals surface area contributed by atoms with Crippen LogP contribution in [0.1, 0.15) is 23.7 Å². The number of amides is 2. The van der Waals surface area contributed by atoms with Crippen LogP contribution in [0.4, 0.5) is 0 Å². The van der Waals surface area contributed by atoms with Crippen molar-refractivity contribution in [3.05, 3.63) is 29.8 Å². The van der Waals surface area contributed by atoms with E-state index in [0.717, 1.165) is 13.0 Å². The molecule has 1 aromatic rings. The van der Waals surface area contributed by atoms with E-state index in [9.17, 15) is 18.0 Å². The molecule has 2 N–H and O–H groups in total. The molecule has 1 aliphatic heterocycles. The summed E-state index contributed by atoms with van der Waals surface area (Å²) in [6, 6.07) is 6.06. The minimum Gasteiger partial charge on any atom is -0.352 e. The van der Waals surface area contributed by atoms with E-state index in [1.165, 1.54) is 23.4 Å². The maximum Gasteiger partial charge on any atom is 0.251 e. The lowest BCUT2D eigenvalue weighted by Gasteiger charge is -2.33. The monoisotopic (exact) mass is 418 g/mol. The van der Waals surface area contributed by atoms with Crippen molar-refractivity contribution >= 4 is 34.2 Å². The minimum absolute atomic E-state index is 0. The number of rotatable bonds is 7. The fourth-order valence-electron chi connectivity index (χ4n) is 2.76. The average molecular weight is 419 g/mol. The molecule has 0 aromatic heterocycles. The average Bonchev–Trinajstić information content (AvgIpc) is 2.65. The first-order valence-corrected chi connectivity index (χ1v) is 10.1. The summed E-state index contributed by atoms with van der Waals surface area (Å²) in [5.74, 6) is -0.349. The molecule has 1 saturated heterocycles. The number of sulfonamides is 1. The molecule has 2 amide bonds. The predicted molar refractivity (Wildman–Crippen MR) is 106 cm³/mol. The lowest BCUT2D eigenvalue weighted by Crippen LogP contribution is -2.49. The number of nitrogens with one attached hydrogen (secondary N) is 2. The van der Waals surface area contributed by atoms with E-state index in [2.05, 4.69) is 10.6 Å². The smallest absolute Gasteiger partial charge is 0.251 e. The molecule has 8 nitrogen and oxygen atoms in total. The lowest BCUT2D eigenvalue weighted by atomic mass is 10.2. The van der Waals surface area contributed by atoms with Crippen LogP contribution in [0.15, 0.2) is 29.2 Å². The second-order valence-electron chi connectivity index (χ2n) is 6.15. The zero-order valence-corrected chi connectivity index (χ0v) is 17.2. The van der Waals surface area contributed by atoms with Gasteiger partial charge in [0.05, 0.1) is 4.90 Å². The first-order valence-electron chi connectivity index (χ1n) is 8.65. The van der Waals surface area contributed by atoms with Crippen molar-refractivity contribution in [2.24, 2.45) is 0 Å². The first-order chi connectivity index (χ1) is 12.4. The van der Waals surface area contributed by atoms with E-state index < -0.39 is 10.0 Å². The molecule has 1 aliphatic rings. The van der Waals surface area contributed by atoms with Gasteiger partial charge in [0.15, 0.2) is 0 Å². The van der Waals surface area contributed by atoms with Gasteiger partial charge in [0, 0.05) is 45.2 Å². The van der Waals surface area contributed by atoms with Crippen molar-refractivity contribution in [1.29, 1.82) is 0 Å². The van der Waals surface area contributed by atoms with Crippen molar-refractivity contribution in [1.82, 2.24) is 19.8 Å². The molecule has 0 aliphatic carbocycles. The van der Waals surface area contributed by atoms with Gasteiger partial charge in [0.1, 0.15) is 0 Å². The Labute approximate surface area is 166 Å². The van der Waals surface area contributed by atoms with Crippen molar-refractivity contribution in [2.45, 2.75) is 18.2 Å². The fourth-order valence-corrected chi connectivity index (χ4v) is 4.23. The first kappa shape index (κ1) is 23.4. The lowest BCUT2D eigenvalue weighted by molar-refractivity contribution is -0.129. The fraction of sp³-hybridized carbons (Fsp3) is 0.529. The van der Waals surface area contributed by atoms with Gasteiger partial charge in [-0.2, -0.15) is 4.31 Å². The largest absolute Gasteiger partial charge is 0.352 e. The third kappa shape index (κ3) is 6.17. The number of carbonyl (C=O) groups excluding carboxylic acids is 2. The van der Waals surface area contributed by atoms with Gasteiger partial charge in [-0.1, -0.05) is 6.07 Å². The molecule has 1 heterocycles. The standard InChI is InChI=1S/C17H26N4O4S.ClH/c1-14(22)20-9-11-21(12-10-20)26(24,25)16-6-3-5-15(13-16)17(23)19-8-4-7-18-2;/h3,5-6,13,18H,4,7-12H2,1-2H3,(H,19,23);1H. The van der Waals surface area contributed by atoms with Crippen LogP contribution in [0.3, 0.4) is 0 Å². The molecule has 0 atom stereocenters. The summed E-state index contributed by atoms with van der Waals surface area (Å²) in [7, 11) is -1.85. The van der Waals surface area contributed by atoms with Crippen molar-refractivity contribution in [2.75, 3.05) is 46.3 Å². The molecular weight excluding hydrogens is 392 g/mol. The van der Waals surface area contributed by atoms with Crippen molar-refractivity contribution < 1.29 is 18.0 Å². The van der Waals surface area contributed by atoms with E-state index >= 15 is 0 Å². The number of hydrogen-bond donors (Lipinski definition) is 2. The molecule has 0 spiro atoms. The third-order valence-electron chi connectivity index (χ3n) is 4.31. The Kier molecular flexibility index (Phi) is 9.17. The Hall–Kier alpha value is -1.68. The molecule has 1 fully saturated rings. The van der Waals surface area contributed by atoms with Gasteiger partial charge in [0.2, 0.25) is 15.9 Å². The van der Waals surface area contributed by atoms with Gasteiger partial charge in [-0.05, 0) is 38.2 Å². The van der Waals surface area contributed by atoms with Crippen LogP contribution in [0.5, 0.6) is 0 Å². The second kappa shape index (κ2) is 10.6. The molecule has 152 valence electrons. The Morgan fingerprint density at radius 3 is 2.37 bits per heavy atom. The topological polar surface area (TPSA) is 98.8 Å². The van der Waals surface area contributed by atoms with Crippen LogP contribution in [0.2, 0.25) is 0 Å². The quantitative estimate of drug-likeness (QED) is 0.620. The third-order valence-corrected chi connectivity index (χ3v) is 6.20. The highest BCUT2D eigenvalue weighted by Gasteiger charge is 2.29. The van der Waals surface area contributed by atoms with Gasteiger partial charge in [-0.3, -0.25) is 9.59 Å². The summed E-state index contributed by atoms with van der Waals surface area (Å²) in [6.07, 6.45) is 0.792. The van der Waals surface area contributed by atoms with E-state index in [1.54, 1.807) is 17.0 Å². The number of piperazine rings is 1. The summed E-state index contributed by atoms with van der Waals surface area (Å²) >= 11 is 0. The maximum atomic E-state index is 12.8. The molecule has 2 rings (SSSR count). The molecule has 1 aromatic carbocycles. The number of benzene rings is 1. The van der Waals surface area contributed by atoms with E-state index in [-0.39, 0.29) is 42.2 Å². The number of halogens is 1. The molecule has 0 radical (unpaired) electrons. The predicted octanol–water partition coefficient (Wildman–Crippen LogP) is 0.301. The Morgan fingerprint density at radius 2 is 1.78 bits per heavy atom.